The molecule has 12 heteroatoms. The van der Waals surface area contributed by atoms with Crippen molar-refractivity contribution in [2.24, 2.45) is 0 Å². The summed E-state index contributed by atoms with van der Waals surface area (Å²) in [5, 5.41) is 3.71. The second-order valence-electron chi connectivity index (χ2n) is 9.45. The third-order valence-electron chi connectivity index (χ3n) is 6.59. The van der Waals surface area contributed by atoms with E-state index in [2.05, 4.69) is 15.2 Å². The SMILES string of the molecule is O=C(Cc1ccc(-n2cnc3cc(NCCN4CCCC4)ccc3c2=O)c(F)c1)CS(=O)(=O)c1ccc(Cl)s1. The zero-order valence-electron chi connectivity index (χ0n) is 20.9. The normalized spacial score (nSPS) is 14.2. The van der Waals surface area contributed by atoms with Crippen LogP contribution in [0.3, 0.4) is 0 Å². The van der Waals surface area contributed by atoms with Crippen LogP contribution in [-0.4, -0.2) is 60.6 Å². The molecule has 2 aromatic carbocycles. The van der Waals surface area contributed by atoms with Crippen molar-refractivity contribution in [3.05, 3.63) is 80.9 Å². The number of hydrogen-bond acceptors (Lipinski definition) is 8. The number of likely N-dealkylation sites (tertiary alicyclic amines) is 1. The number of Topliss-reactive ketones (excluding diaryl/α,β-unsaturated/α-hetero) is 1. The second-order valence-corrected chi connectivity index (χ2v) is 13.4. The van der Waals surface area contributed by atoms with Crippen LogP contribution in [-0.2, 0) is 21.1 Å². The summed E-state index contributed by atoms with van der Waals surface area (Å²) >= 11 is 6.68. The summed E-state index contributed by atoms with van der Waals surface area (Å²) in [5.74, 6) is -2.02. The predicted molar refractivity (Wildman–Crippen MR) is 152 cm³/mol. The fourth-order valence-corrected chi connectivity index (χ4v) is 7.46. The Morgan fingerprint density at radius 2 is 1.90 bits per heavy atom. The Balaban J connectivity index is 1.28. The highest BCUT2D eigenvalue weighted by Crippen LogP contribution is 2.27. The maximum Gasteiger partial charge on any atom is 0.265 e. The van der Waals surface area contributed by atoms with E-state index >= 15 is 4.39 Å². The van der Waals surface area contributed by atoms with Gasteiger partial charge < -0.3 is 10.2 Å². The van der Waals surface area contributed by atoms with Crippen LogP contribution in [0.5, 0.6) is 0 Å². The van der Waals surface area contributed by atoms with Crippen LogP contribution in [0, 0.1) is 5.82 Å². The average molecular weight is 589 g/mol. The van der Waals surface area contributed by atoms with Crippen molar-refractivity contribution in [1.29, 1.82) is 0 Å². The number of carbonyl (C=O) groups is 1. The third-order valence-corrected chi connectivity index (χ3v) is 10.1. The Kier molecular flexibility index (Phi) is 8.13. The van der Waals surface area contributed by atoms with Crippen molar-refractivity contribution in [3.63, 3.8) is 0 Å². The lowest BCUT2D eigenvalue weighted by Crippen LogP contribution is -2.26. The van der Waals surface area contributed by atoms with E-state index in [-0.39, 0.29) is 16.3 Å². The predicted octanol–water partition coefficient (Wildman–Crippen LogP) is 4.33. The van der Waals surface area contributed by atoms with E-state index in [4.69, 9.17) is 11.6 Å². The topological polar surface area (TPSA) is 101 Å². The number of thiophene rings is 1. The summed E-state index contributed by atoms with van der Waals surface area (Å²) in [6.07, 6.45) is 3.49. The molecule has 204 valence electrons. The minimum atomic E-state index is -3.83. The van der Waals surface area contributed by atoms with E-state index in [0.29, 0.717) is 20.8 Å². The molecule has 0 spiro atoms. The molecule has 1 fully saturated rings. The summed E-state index contributed by atoms with van der Waals surface area (Å²) in [6.45, 7) is 3.99. The number of hydrogen-bond donors (Lipinski definition) is 1. The zero-order chi connectivity index (χ0) is 27.6. The number of ketones is 1. The highest BCUT2D eigenvalue weighted by Gasteiger charge is 2.22. The summed E-state index contributed by atoms with van der Waals surface area (Å²) in [7, 11) is -3.83. The molecule has 0 unspecified atom stereocenters. The quantitative estimate of drug-likeness (QED) is 0.294. The van der Waals surface area contributed by atoms with Crippen molar-refractivity contribution in [2.75, 3.05) is 37.2 Å². The lowest BCUT2D eigenvalue weighted by molar-refractivity contribution is -0.116. The van der Waals surface area contributed by atoms with Gasteiger partial charge in [0.05, 0.1) is 20.9 Å². The van der Waals surface area contributed by atoms with Gasteiger partial charge in [0, 0.05) is 25.2 Å². The van der Waals surface area contributed by atoms with Gasteiger partial charge in [0.15, 0.2) is 15.6 Å². The number of benzene rings is 2. The lowest BCUT2D eigenvalue weighted by Gasteiger charge is -2.15. The van der Waals surface area contributed by atoms with Gasteiger partial charge in [0.25, 0.3) is 5.56 Å². The molecule has 8 nitrogen and oxygen atoms in total. The van der Waals surface area contributed by atoms with Gasteiger partial charge in [-0.3, -0.25) is 14.2 Å². The van der Waals surface area contributed by atoms with E-state index in [1.54, 1.807) is 12.1 Å². The number of carbonyl (C=O) groups excluding carboxylic acids is 1. The molecule has 0 radical (unpaired) electrons. The molecule has 0 atom stereocenters. The van der Waals surface area contributed by atoms with Gasteiger partial charge in [-0.15, -0.1) is 11.3 Å². The second kappa shape index (κ2) is 11.5. The minimum absolute atomic E-state index is 0.00976. The Morgan fingerprint density at radius 1 is 1.10 bits per heavy atom. The molecular weight excluding hydrogens is 563 g/mol. The fourth-order valence-electron chi connectivity index (χ4n) is 4.65. The summed E-state index contributed by atoms with van der Waals surface area (Å²) in [4.78, 5) is 32.3. The van der Waals surface area contributed by atoms with Crippen LogP contribution in [0.1, 0.15) is 18.4 Å². The molecule has 1 aliphatic heterocycles. The molecule has 1 aliphatic rings. The van der Waals surface area contributed by atoms with Crippen molar-refractivity contribution in [3.8, 4) is 5.69 Å². The molecule has 39 heavy (non-hydrogen) atoms. The Labute approximate surface area is 234 Å². The first-order valence-corrected chi connectivity index (χ1v) is 15.3. The molecule has 5 rings (SSSR count). The number of nitrogens with one attached hydrogen (secondary N) is 1. The first-order chi connectivity index (χ1) is 18.7. The smallest absolute Gasteiger partial charge is 0.265 e. The number of anilines is 1. The van der Waals surface area contributed by atoms with Crippen LogP contribution in [0.15, 0.2) is 63.9 Å². The Hall–Kier alpha value is -3.12. The molecule has 4 aromatic rings. The number of fused-ring (bicyclic) bond motifs is 1. The van der Waals surface area contributed by atoms with E-state index in [1.165, 1.54) is 43.4 Å². The highest BCUT2D eigenvalue weighted by atomic mass is 35.5. The fraction of sp³-hybridized carbons (Fsp3) is 0.296. The van der Waals surface area contributed by atoms with Crippen LogP contribution in [0.4, 0.5) is 10.1 Å². The molecule has 0 bridgehead atoms. The Bertz CT molecular complexity index is 1700. The molecule has 1 N–H and O–H groups in total. The van der Waals surface area contributed by atoms with Gasteiger partial charge in [-0.05, 0) is 74.0 Å². The van der Waals surface area contributed by atoms with Crippen molar-refractivity contribution >= 4 is 55.1 Å². The first kappa shape index (κ1) is 27.4. The molecule has 2 aromatic heterocycles. The number of rotatable bonds is 10. The van der Waals surface area contributed by atoms with E-state index in [0.717, 1.165) is 53.8 Å². The number of aromatic nitrogens is 2. The molecule has 3 heterocycles. The maximum absolute atomic E-state index is 15.1. The first-order valence-electron chi connectivity index (χ1n) is 12.5. The molecule has 0 saturated carbocycles. The van der Waals surface area contributed by atoms with Crippen molar-refractivity contribution in [1.82, 2.24) is 14.5 Å². The summed E-state index contributed by atoms with van der Waals surface area (Å²) in [5.41, 5.74) is 1.22. The van der Waals surface area contributed by atoms with Gasteiger partial charge in [-0.1, -0.05) is 17.7 Å². The van der Waals surface area contributed by atoms with Gasteiger partial charge >= 0.3 is 0 Å². The van der Waals surface area contributed by atoms with Gasteiger partial charge in [0.2, 0.25) is 0 Å². The van der Waals surface area contributed by atoms with Crippen molar-refractivity contribution in [2.45, 2.75) is 23.5 Å². The van der Waals surface area contributed by atoms with E-state index in [1.807, 2.05) is 6.07 Å². The molecule has 0 aliphatic carbocycles. The van der Waals surface area contributed by atoms with Gasteiger partial charge in [-0.25, -0.2) is 17.8 Å². The Morgan fingerprint density at radius 3 is 2.62 bits per heavy atom. The van der Waals surface area contributed by atoms with E-state index < -0.39 is 32.7 Å². The molecular formula is C27H26ClFN4O4S2. The van der Waals surface area contributed by atoms with Gasteiger partial charge in [0.1, 0.15) is 22.1 Å². The summed E-state index contributed by atoms with van der Waals surface area (Å²) < 4.78 is 41.4. The third kappa shape index (κ3) is 6.38. The molecule has 0 amide bonds. The van der Waals surface area contributed by atoms with E-state index in [9.17, 15) is 18.0 Å². The van der Waals surface area contributed by atoms with Crippen LogP contribution in [0.2, 0.25) is 4.34 Å². The van der Waals surface area contributed by atoms with Crippen molar-refractivity contribution < 1.29 is 17.6 Å². The zero-order valence-corrected chi connectivity index (χ0v) is 23.3. The van der Waals surface area contributed by atoms with Crippen LogP contribution >= 0.6 is 22.9 Å². The van der Waals surface area contributed by atoms with Crippen LogP contribution < -0.4 is 10.9 Å². The molecule has 1 saturated heterocycles. The standard InChI is InChI=1S/C27H26ClFN4O4S2/c28-25-7-8-26(38-25)39(36,37)16-20(34)13-18-3-6-24(22(29)14-18)33-17-31-23-15-19(4-5-21(23)27(33)35)30-9-12-32-10-1-2-11-32/h3-8,14-15,17,30H,1-2,9-13,16H2. The number of sulfone groups is 1. The van der Waals surface area contributed by atoms with Gasteiger partial charge in [-0.2, -0.15) is 0 Å². The maximum atomic E-state index is 15.1. The van der Waals surface area contributed by atoms with Crippen LogP contribution in [0.25, 0.3) is 16.6 Å². The number of halogens is 2. The highest BCUT2D eigenvalue weighted by molar-refractivity contribution is 7.94. The minimum Gasteiger partial charge on any atom is -0.384 e. The number of nitrogens with zero attached hydrogens (tertiary/aromatic N) is 3. The summed E-state index contributed by atoms with van der Waals surface area (Å²) in [6, 6.07) is 12.1. The largest absolute Gasteiger partial charge is 0.384 e. The lowest BCUT2D eigenvalue weighted by atomic mass is 10.1. The average Bonchev–Trinajstić information content (AvgIpc) is 3.57. The monoisotopic (exact) mass is 588 g/mol.